The van der Waals surface area contributed by atoms with Crippen molar-refractivity contribution in [1.82, 2.24) is 5.32 Å². The minimum absolute atomic E-state index is 0. The number of carbonyl (C=O) groups is 1. The van der Waals surface area contributed by atoms with Crippen molar-refractivity contribution in [2.75, 3.05) is 18.4 Å². The molecule has 0 radical (unpaired) electrons. The number of rotatable bonds is 4. The number of anilines is 1. The van der Waals surface area contributed by atoms with E-state index in [0.29, 0.717) is 5.69 Å². The molecule has 2 N–H and O–H groups in total. The van der Waals surface area contributed by atoms with Crippen molar-refractivity contribution in [3.8, 4) is 5.75 Å². The smallest absolute Gasteiger partial charge is 0.387 e. The van der Waals surface area contributed by atoms with Gasteiger partial charge in [-0.1, -0.05) is 6.07 Å². The maximum atomic E-state index is 12.3. The normalized spacial score (nSPS) is 22.0. The molecule has 22 heavy (non-hydrogen) atoms. The first kappa shape index (κ1) is 17.0. The minimum atomic E-state index is -2.86. The van der Waals surface area contributed by atoms with Gasteiger partial charge in [-0.3, -0.25) is 4.79 Å². The molecule has 0 aromatic heterocycles. The van der Waals surface area contributed by atoms with E-state index in [1.54, 1.807) is 12.1 Å². The molecule has 1 heterocycles. The summed E-state index contributed by atoms with van der Waals surface area (Å²) in [5.74, 6) is 0.0700. The SMILES string of the molecule is Cl.O=C(Nc1cccc(OC(F)F)c1)C1CC12CCNCC2. The molecule has 7 heteroatoms. The van der Waals surface area contributed by atoms with Crippen LogP contribution in [0.1, 0.15) is 19.3 Å². The largest absolute Gasteiger partial charge is 0.435 e. The fourth-order valence-electron chi connectivity index (χ4n) is 3.18. The first-order chi connectivity index (χ1) is 10.1. The van der Waals surface area contributed by atoms with Crippen LogP contribution in [-0.2, 0) is 4.79 Å². The molecule has 1 aromatic carbocycles. The molecule has 1 amide bonds. The zero-order valence-electron chi connectivity index (χ0n) is 12.0. The molecule has 122 valence electrons. The second-order valence-electron chi connectivity index (χ2n) is 5.76. The monoisotopic (exact) mass is 332 g/mol. The Morgan fingerprint density at radius 3 is 2.77 bits per heavy atom. The Bertz CT molecular complexity index is 536. The average molecular weight is 333 g/mol. The number of amides is 1. The van der Waals surface area contributed by atoms with E-state index >= 15 is 0 Å². The second-order valence-corrected chi connectivity index (χ2v) is 5.76. The summed E-state index contributed by atoms with van der Waals surface area (Å²) in [6.45, 7) is -0.944. The molecule has 1 aliphatic heterocycles. The number of carbonyl (C=O) groups excluding carboxylic acids is 1. The molecule has 1 atom stereocenters. The number of halogens is 3. The van der Waals surface area contributed by atoms with Crippen LogP contribution in [0.5, 0.6) is 5.75 Å². The van der Waals surface area contributed by atoms with Crippen LogP contribution >= 0.6 is 12.4 Å². The van der Waals surface area contributed by atoms with Crippen LogP contribution in [0.25, 0.3) is 0 Å². The molecule has 2 aliphatic rings. The molecular formula is C15H19ClF2N2O2. The Hall–Kier alpha value is -1.40. The second kappa shape index (κ2) is 6.79. The van der Waals surface area contributed by atoms with Gasteiger partial charge in [0.05, 0.1) is 0 Å². The van der Waals surface area contributed by atoms with Crippen molar-refractivity contribution >= 4 is 24.0 Å². The fourth-order valence-corrected chi connectivity index (χ4v) is 3.18. The molecule has 1 unspecified atom stereocenters. The topological polar surface area (TPSA) is 50.4 Å². The summed E-state index contributed by atoms with van der Waals surface area (Å²) in [6.07, 6.45) is 2.98. The Morgan fingerprint density at radius 2 is 2.09 bits per heavy atom. The highest BCUT2D eigenvalue weighted by molar-refractivity contribution is 5.95. The zero-order chi connectivity index (χ0) is 14.9. The molecule has 1 aliphatic carbocycles. The van der Waals surface area contributed by atoms with Gasteiger partial charge < -0.3 is 15.4 Å². The maximum Gasteiger partial charge on any atom is 0.387 e. The predicted molar refractivity (Wildman–Crippen MR) is 81.6 cm³/mol. The van der Waals surface area contributed by atoms with Gasteiger partial charge in [-0.25, -0.2) is 0 Å². The summed E-state index contributed by atoms with van der Waals surface area (Å²) in [5, 5.41) is 6.10. The number of alkyl halides is 2. The van der Waals surface area contributed by atoms with Gasteiger partial charge in [0.15, 0.2) is 0 Å². The number of piperidine rings is 1. The number of hydrogen-bond donors (Lipinski definition) is 2. The Balaban J connectivity index is 0.00000176. The van der Waals surface area contributed by atoms with Crippen molar-refractivity contribution in [3.05, 3.63) is 24.3 Å². The summed E-state index contributed by atoms with van der Waals surface area (Å²) in [4.78, 5) is 12.3. The molecule has 1 aromatic rings. The molecule has 1 spiro atoms. The molecule has 0 bridgehead atoms. The van der Waals surface area contributed by atoms with E-state index in [1.807, 2.05) is 0 Å². The molecule has 2 fully saturated rings. The van der Waals surface area contributed by atoms with Crippen LogP contribution in [0.4, 0.5) is 14.5 Å². The lowest BCUT2D eigenvalue weighted by molar-refractivity contribution is -0.118. The summed E-state index contributed by atoms with van der Waals surface area (Å²) >= 11 is 0. The zero-order valence-corrected chi connectivity index (χ0v) is 12.8. The first-order valence-electron chi connectivity index (χ1n) is 7.16. The van der Waals surface area contributed by atoms with Gasteiger partial charge in [0.2, 0.25) is 5.91 Å². The quantitative estimate of drug-likeness (QED) is 0.891. The van der Waals surface area contributed by atoms with Gasteiger partial charge in [-0.05, 0) is 49.9 Å². The van der Waals surface area contributed by atoms with Gasteiger partial charge in [0.25, 0.3) is 0 Å². The third kappa shape index (κ3) is 3.67. The van der Waals surface area contributed by atoms with Crippen LogP contribution < -0.4 is 15.4 Å². The van der Waals surface area contributed by atoms with E-state index in [4.69, 9.17) is 0 Å². The predicted octanol–water partition coefficient (Wildman–Crippen LogP) is 3.04. The standard InChI is InChI=1S/C15H18F2N2O2.ClH/c16-14(17)21-11-3-1-2-10(8-11)19-13(20)12-9-15(12)4-6-18-7-5-15;/h1-3,8,12,14,18H,4-7,9H2,(H,19,20);1H. The Morgan fingerprint density at radius 1 is 1.36 bits per heavy atom. The molecule has 1 saturated heterocycles. The fraction of sp³-hybridized carbons (Fsp3) is 0.533. The number of hydrogen-bond acceptors (Lipinski definition) is 3. The van der Waals surface area contributed by atoms with Crippen LogP contribution in [-0.4, -0.2) is 25.6 Å². The van der Waals surface area contributed by atoms with Crippen molar-refractivity contribution in [3.63, 3.8) is 0 Å². The van der Waals surface area contributed by atoms with Crippen molar-refractivity contribution in [2.45, 2.75) is 25.9 Å². The van der Waals surface area contributed by atoms with Crippen molar-refractivity contribution in [2.24, 2.45) is 11.3 Å². The van der Waals surface area contributed by atoms with Gasteiger partial charge in [-0.15, -0.1) is 12.4 Å². The van der Waals surface area contributed by atoms with Crippen molar-refractivity contribution in [1.29, 1.82) is 0 Å². The highest BCUT2D eigenvalue weighted by atomic mass is 35.5. The van der Waals surface area contributed by atoms with Gasteiger partial charge in [0.1, 0.15) is 5.75 Å². The molecule has 4 nitrogen and oxygen atoms in total. The highest BCUT2D eigenvalue weighted by Crippen LogP contribution is 2.58. The van der Waals surface area contributed by atoms with E-state index in [0.717, 1.165) is 32.4 Å². The lowest BCUT2D eigenvalue weighted by Gasteiger charge is -2.23. The summed E-state index contributed by atoms with van der Waals surface area (Å²) in [6, 6.07) is 6.11. The van der Waals surface area contributed by atoms with E-state index in [1.165, 1.54) is 12.1 Å². The van der Waals surface area contributed by atoms with Crippen LogP contribution in [0.3, 0.4) is 0 Å². The van der Waals surface area contributed by atoms with Crippen molar-refractivity contribution < 1.29 is 18.3 Å². The Labute approximate surface area is 134 Å². The van der Waals surface area contributed by atoms with Gasteiger partial charge >= 0.3 is 6.61 Å². The molecule has 3 rings (SSSR count). The third-order valence-corrected chi connectivity index (χ3v) is 4.43. The summed E-state index contributed by atoms with van der Waals surface area (Å²) in [5.41, 5.74) is 0.654. The summed E-state index contributed by atoms with van der Waals surface area (Å²) < 4.78 is 28.7. The average Bonchev–Trinajstić information content (AvgIpc) is 3.13. The number of benzene rings is 1. The third-order valence-electron chi connectivity index (χ3n) is 4.43. The summed E-state index contributed by atoms with van der Waals surface area (Å²) in [7, 11) is 0. The number of nitrogens with one attached hydrogen (secondary N) is 2. The van der Waals surface area contributed by atoms with E-state index in [9.17, 15) is 13.6 Å². The molecular weight excluding hydrogens is 314 g/mol. The first-order valence-corrected chi connectivity index (χ1v) is 7.16. The van der Waals surface area contributed by atoms with Crippen LogP contribution in [0.15, 0.2) is 24.3 Å². The lowest BCUT2D eigenvalue weighted by atomic mass is 9.92. The minimum Gasteiger partial charge on any atom is -0.435 e. The van der Waals surface area contributed by atoms with E-state index < -0.39 is 6.61 Å². The lowest BCUT2D eigenvalue weighted by Crippen LogP contribution is -2.31. The van der Waals surface area contributed by atoms with E-state index in [2.05, 4.69) is 15.4 Å². The number of ether oxygens (including phenoxy) is 1. The van der Waals surface area contributed by atoms with Crippen LogP contribution in [0, 0.1) is 11.3 Å². The Kier molecular flexibility index (Phi) is 5.24. The van der Waals surface area contributed by atoms with Gasteiger partial charge in [0, 0.05) is 17.7 Å². The van der Waals surface area contributed by atoms with Gasteiger partial charge in [-0.2, -0.15) is 8.78 Å². The highest BCUT2D eigenvalue weighted by Gasteiger charge is 2.57. The van der Waals surface area contributed by atoms with E-state index in [-0.39, 0.29) is 35.4 Å². The molecule has 1 saturated carbocycles. The maximum absolute atomic E-state index is 12.3. The van der Waals surface area contributed by atoms with Crippen LogP contribution in [0.2, 0.25) is 0 Å².